The molecule has 1 amide bonds. The summed E-state index contributed by atoms with van der Waals surface area (Å²) in [7, 11) is 3.40. The van der Waals surface area contributed by atoms with E-state index in [0.717, 1.165) is 5.69 Å². The van der Waals surface area contributed by atoms with E-state index in [-0.39, 0.29) is 12.5 Å². The SMILES string of the molecule is CNC(=O)CN(C)c1cc2c(cc1N)OCCO2. The largest absolute Gasteiger partial charge is 0.486 e. The van der Waals surface area contributed by atoms with Gasteiger partial charge in [0.2, 0.25) is 5.91 Å². The van der Waals surface area contributed by atoms with Gasteiger partial charge in [0, 0.05) is 26.2 Å². The van der Waals surface area contributed by atoms with Crippen molar-refractivity contribution in [1.29, 1.82) is 0 Å². The highest BCUT2D eigenvalue weighted by atomic mass is 16.6. The molecule has 1 heterocycles. The van der Waals surface area contributed by atoms with E-state index in [2.05, 4.69) is 5.32 Å². The lowest BCUT2D eigenvalue weighted by molar-refractivity contribution is -0.119. The van der Waals surface area contributed by atoms with Crippen LogP contribution in [0.1, 0.15) is 0 Å². The van der Waals surface area contributed by atoms with Crippen molar-refractivity contribution >= 4 is 17.3 Å². The van der Waals surface area contributed by atoms with Gasteiger partial charge in [0.25, 0.3) is 0 Å². The van der Waals surface area contributed by atoms with Crippen molar-refractivity contribution in [3.05, 3.63) is 12.1 Å². The number of likely N-dealkylation sites (N-methyl/N-ethyl adjacent to an activating group) is 2. The summed E-state index contributed by atoms with van der Waals surface area (Å²) in [6, 6.07) is 3.52. The number of nitrogens with zero attached hydrogens (tertiary/aromatic N) is 1. The van der Waals surface area contributed by atoms with E-state index in [1.54, 1.807) is 31.1 Å². The van der Waals surface area contributed by atoms with Crippen LogP contribution in [0.2, 0.25) is 0 Å². The van der Waals surface area contributed by atoms with Gasteiger partial charge in [0.15, 0.2) is 11.5 Å². The van der Waals surface area contributed by atoms with Gasteiger partial charge in [-0.3, -0.25) is 4.79 Å². The molecule has 2 rings (SSSR count). The minimum absolute atomic E-state index is 0.0770. The van der Waals surface area contributed by atoms with Crippen LogP contribution in [0, 0.1) is 0 Å². The van der Waals surface area contributed by atoms with Crippen LogP contribution in [0.3, 0.4) is 0 Å². The number of nitrogens with one attached hydrogen (secondary N) is 1. The number of hydrogen-bond donors (Lipinski definition) is 2. The smallest absolute Gasteiger partial charge is 0.239 e. The first kappa shape index (κ1) is 12.3. The topological polar surface area (TPSA) is 76.8 Å². The van der Waals surface area contributed by atoms with E-state index in [0.29, 0.717) is 30.4 Å². The van der Waals surface area contributed by atoms with Crippen LogP contribution in [0.5, 0.6) is 11.5 Å². The van der Waals surface area contributed by atoms with Gasteiger partial charge < -0.3 is 25.4 Å². The van der Waals surface area contributed by atoms with Crippen LogP contribution >= 0.6 is 0 Å². The number of benzene rings is 1. The van der Waals surface area contributed by atoms with Crippen molar-refractivity contribution in [3.8, 4) is 11.5 Å². The van der Waals surface area contributed by atoms with Gasteiger partial charge >= 0.3 is 0 Å². The normalized spacial score (nSPS) is 13.0. The Morgan fingerprint density at radius 3 is 2.61 bits per heavy atom. The summed E-state index contributed by atoms with van der Waals surface area (Å²) in [4.78, 5) is 13.1. The zero-order valence-corrected chi connectivity index (χ0v) is 10.5. The maximum Gasteiger partial charge on any atom is 0.239 e. The van der Waals surface area contributed by atoms with E-state index in [4.69, 9.17) is 15.2 Å². The summed E-state index contributed by atoms with van der Waals surface area (Å²) in [6.45, 7) is 1.29. The van der Waals surface area contributed by atoms with Crippen molar-refractivity contribution in [2.45, 2.75) is 0 Å². The van der Waals surface area contributed by atoms with Gasteiger partial charge in [0.1, 0.15) is 13.2 Å². The highest BCUT2D eigenvalue weighted by molar-refractivity contribution is 5.83. The Bertz CT molecular complexity index is 462. The van der Waals surface area contributed by atoms with Gasteiger partial charge in [-0.05, 0) is 0 Å². The molecule has 1 aromatic rings. The van der Waals surface area contributed by atoms with Crippen LogP contribution in [-0.4, -0.2) is 39.8 Å². The lowest BCUT2D eigenvalue weighted by atomic mass is 10.2. The van der Waals surface area contributed by atoms with Crippen molar-refractivity contribution in [2.75, 3.05) is 44.5 Å². The van der Waals surface area contributed by atoms with Crippen LogP contribution in [-0.2, 0) is 4.79 Å². The molecular weight excluding hydrogens is 234 g/mol. The molecule has 1 aliphatic heterocycles. The number of amides is 1. The molecule has 0 atom stereocenters. The van der Waals surface area contributed by atoms with Crippen molar-refractivity contribution < 1.29 is 14.3 Å². The fourth-order valence-electron chi connectivity index (χ4n) is 1.80. The molecular formula is C12H17N3O3. The first-order valence-electron chi connectivity index (χ1n) is 5.72. The van der Waals surface area contributed by atoms with Crippen molar-refractivity contribution in [1.82, 2.24) is 5.32 Å². The first-order valence-corrected chi connectivity index (χ1v) is 5.72. The fourth-order valence-corrected chi connectivity index (χ4v) is 1.80. The Morgan fingerprint density at radius 1 is 1.39 bits per heavy atom. The molecule has 0 fully saturated rings. The molecule has 0 saturated carbocycles. The Balaban J connectivity index is 2.24. The number of hydrogen-bond acceptors (Lipinski definition) is 5. The highest BCUT2D eigenvalue weighted by Crippen LogP contribution is 2.38. The fraction of sp³-hybridized carbons (Fsp3) is 0.417. The lowest BCUT2D eigenvalue weighted by Crippen LogP contribution is -2.33. The van der Waals surface area contributed by atoms with E-state index < -0.39 is 0 Å². The third-order valence-electron chi connectivity index (χ3n) is 2.76. The quantitative estimate of drug-likeness (QED) is 0.752. The monoisotopic (exact) mass is 251 g/mol. The first-order chi connectivity index (χ1) is 8.61. The third kappa shape index (κ3) is 2.42. The number of carbonyl (C=O) groups excluding carboxylic acids is 1. The average Bonchev–Trinajstić information content (AvgIpc) is 2.37. The molecule has 98 valence electrons. The van der Waals surface area contributed by atoms with Crippen LogP contribution < -0.4 is 25.4 Å². The van der Waals surface area contributed by atoms with Crippen LogP contribution in [0.25, 0.3) is 0 Å². The molecule has 0 bridgehead atoms. The summed E-state index contributed by atoms with van der Waals surface area (Å²) < 4.78 is 10.9. The maximum absolute atomic E-state index is 11.3. The predicted molar refractivity (Wildman–Crippen MR) is 69.2 cm³/mol. The predicted octanol–water partition coefficient (Wildman–Crippen LogP) is 0.222. The Kier molecular flexibility index (Phi) is 3.45. The lowest BCUT2D eigenvalue weighted by Gasteiger charge is -2.24. The van der Waals surface area contributed by atoms with Crippen LogP contribution in [0.4, 0.5) is 11.4 Å². The number of nitrogens with two attached hydrogens (primary N) is 1. The standard InChI is InChI=1S/C12H17N3O3/c1-14-12(16)7-15(2)9-6-11-10(5-8(9)13)17-3-4-18-11/h5-6H,3-4,7,13H2,1-2H3,(H,14,16). The average molecular weight is 251 g/mol. The van der Waals surface area contributed by atoms with Gasteiger partial charge in [-0.25, -0.2) is 0 Å². The zero-order chi connectivity index (χ0) is 13.1. The van der Waals surface area contributed by atoms with Gasteiger partial charge in [-0.1, -0.05) is 0 Å². The summed E-state index contributed by atoms with van der Waals surface area (Å²) in [6.07, 6.45) is 0. The summed E-state index contributed by atoms with van der Waals surface area (Å²) >= 11 is 0. The Morgan fingerprint density at radius 2 is 2.00 bits per heavy atom. The molecule has 6 nitrogen and oxygen atoms in total. The Labute approximate surface area is 106 Å². The zero-order valence-electron chi connectivity index (χ0n) is 10.5. The molecule has 18 heavy (non-hydrogen) atoms. The summed E-state index contributed by atoms with van der Waals surface area (Å²) in [5.74, 6) is 1.23. The van der Waals surface area contributed by atoms with E-state index in [1.807, 2.05) is 0 Å². The summed E-state index contributed by atoms with van der Waals surface area (Å²) in [5.41, 5.74) is 7.27. The number of rotatable bonds is 3. The number of fused-ring (bicyclic) bond motifs is 1. The van der Waals surface area contributed by atoms with Gasteiger partial charge in [0.05, 0.1) is 17.9 Å². The molecule has 0 aromatic heterocycles. The molecule has 6 heteroatoms. The molecule has 1 aliphatic rings. The molecule has 0 unspecified atom stereocenters. The summed E-state index contributed by atoms with van der Waals surface area (Å²) in [5, 5.41) is 2.57. The van der Waals surface area contributed by atoms with E-state index in [9.17, 15) is 4.79 Å². The van der Waals surface area contributed by atoms with Gasteiger partial charge in [-0.2, -0.15) is 0 Å². The second-order valence-corrected chi connectivity index (χ2v) is 4.08. The van der Waals surface area contributed by atoms with E-state index >= 15 is 0 Å². The maximum atomic E-state index is 11.3. The van der Waals surface area contributed by atoms with Crippen LogP contribution in [0.15, 0.2) is 12.1 Å². The number of ether oxygens (including phenoxy) is 2. The molecule has 0 saturated heterocycles. The molecule has 3 N–H and O–H groups in total. The van der Waals surface area contributed by atoms with E-state index in [1.165, 1.54) is 0 Å². The van der Waals surface area contributed by atoms with Gasteiger partial charge in [-0.15, -0.1) is 0 Å². The number of nitrogen functional groups attached to an aromatic ring is 1. The second-order valence-electron chi connectivity index (χ2n) is 4.08. The molecule has 0 aliphatic carbocycles. The van der Waals surface area contributed by atoms with Crippen molar-refractivity contribution in [2.24, 2.45) is 0 Å². The molecule has 1 aromatic carbocycles. The molecule has 0 spiro atoms. The highest BCUT2D eigenvalue weighted by Gasteiger charge is 2.17. The second kappa shape index (κ2) is 5.03. The number of anilines is 2. The third-order valence-corrected chi connectivity index (χ3v) is 2.76. The Hall–Kier alpha value is -2.11. The number of carbonyl (C=O) groups is 1. The minimum atomic E-state index is -0.0770. The van der Waals surface area contributed by atoms with Crippen molar-refractivity contribution in [3.63, 3.8) is 0 Å². The molecule has 0 radical (unpaired) electrons. The minimum Gasteiger partial charge on any atom is -0.486 e.